The van der Waals surface area contributed by atoms with Crippen LogP contribution in [0, 0.1) is 0 Å². The molecule has 0 radical (unpaired) electrons. The van der Waals surface area contributed by atoms with E-state index in [9.17, 15) is 14.4 Å². The maximum atomic E-state index is 13.6. The average molecular weight is 522 g/mol. The zero-order valence-electron chi connectivity index (χ0n) is 22.2. The molecule has 39 heavy (non-hydrogen) atoms. The molecular formula is C31H31N5O3. The number of aromatic nitrogens is 1. The molecule has 2 spiro atoms. The van der Waals surface area contributed by atoms with Crippen molar-refractivity contribution in [2.24, 2.45) is 0 Å². The number of hydrogen-bond acceptors (Lipinski definition) is 4. The number of carbonyl (C=O) groups is 3. The summed E-state index contributed by atoms with van der Waals surface area (Å²) in [5, 5.41) is 5.98. The summed E-state index contributed by atoms with van der Waals surface area (Å²) in [5.41, 5.74) is 5.02. The van der Waals surface area contributed by atoms with Gasteiger partial charge in [0.1, 0.15) is 12.4 Å². The highest BCUT2D eigenvalue weighted by Gasteiger charge is 2.55. The highest BCUT2D eigenvalue weighted by molar-refractivity contribution is 6.06. The number of rotatable bonds is 4. The number of fused-ring (bicyclic) bond motifs is 5. The summed E-state index contributed by atoms with van der Waals surface area (Å²) < 4.78 is 0. The fraction of sp³-hybridized carbons (Fsp3) is 0.355. The van der Waals surface area contributed by atoms with E-state index in [-0.39, 0.29) is 30.4 Å². The first-order valence-corrected chi connectivity index (χ1v) is 13.7. The molecule has 2 aromatic carbocycles. The highest BCUT2D eigenvalue weighted by Crippen LogP contribution is 2.48. The number of carbonyl (C=O) groups excluding carboxylic acids is 3. The molecule has 2 atom stereocenters. The van der Waals surface area contributed by atoms with Crippen LogP contribution in [0.25, 0.3) is 0 Å². The van der Waals surface area contributed by atoms with Crippen LogP contribution in [0.1, 0.15) is 48.1 Å². The minimum absolute atomic E-state index is 0.0150. The number of benzene rings is 2. The molecule has 8 nitrogen and oxygen atoms in total. The van der Waals surface area contributed by atoms with Gasteiger partial charge in [-0.05, 0) is 80.0 Å². The molecule has 2 aliphatic heterocycles. The zero-order valence-corrected chi connectivity index (χ0v) is 22.2. The normalized spacial score (nSPS) is 24.5. The summed E-state index contributed by atoms with van der Waals surface area (Å²) >= 11 is 0. The van der Waals surface area contributed by atoms with Crippen LogP contribution in [0.2, 0.25) is 0 Å². The van der Waals surface area contributed by atoms with E-state index in [4.69, 9.17) is 0 Å². The second-order valence-electron chi connectivity index (χ2n) is 11.6. The largest absolute Gasteiger partial charge is 0.325 e. The van der Waals surface area contributed by atoms with Gasteiger partial charge >= 0.3 is 6.03 Å². The van der Waals surface area contributed by atoms with Gasteiger partial charge in [0.2, 0.25) is 11.8 Å². The smallest absolute Gasteiger partial charge is 0.321 e. The number of hydrogen-bond donors (Lipinski definition) is 2. The average Bonchev–Trinajstić information content (AvgIpc) is 3.64. The second-order valence-corrected chi connectivity index (χ2v) is 11.6. The first-order valence-electron chi connectivity index (χ1n) is 13.7. The molecule has 3 heterocycles. The number of nitrogens with zero attached hydrogens (tertiary/aromatic N) is 3. The van der Waals surface area contributed by atoms with Gasteiger partial charge < -0.3 is 20.4 Å². The maximum absolute atomic E-state index is 13.6. The molecule has 3 aromatic rings. The summed E-state index contributed by atoms with van der Waals surface area (Å²) in [7, 11) is 0. The number of aryl methyl sites for hydroxylation is 1. The van der Waals surface area contributed by atoms with Gasteiger partial charge in [0.25, 0.3) is 0 Å². The summed E-state index contributed by atoms with van der Waals surface area (Å²) in [6.07, 6.45) is 4.56. The molecule has 2 N–H and O–H groups in total. The van der Waals surface area contributed by atoms with Crippen molar-refractivity contribution in [3.8, 4) is 0 Å². The Balaban J connectivity index is 1.13. The third-order valence-corrected chi connectivity index (χ3v) is 9.14. The minimum atomic E-state index is -0.654. The molecule has 7 rings (SSSR count). The molecule has 2 aliphatic carbocycles. The van der Waals surface area contributed by atoms with Gasteiger partial charge in [-0.15, -0.1) is 0 Å². The van der Waals surface area contributed by atoms with E-state index < -0.39 is 11.0 Å². The number of anilines is 2. The predicted octanol–water partition coefficient (Wildman–Crippen LogP) is 4.00. The summed E-state index contributed by atoms with van der Waals surface area (Å²) in [5.74, 6) is 0.387. The van der Waals surface area contributed by atoms with Gasteiger partial charge in [-0.2, -0.15) is 0 Å². The van der Waals surface area contributed by atoms with Crippen molar-refractivity contribution in [3.63, 3.8) is 0 Å². The van der Waals surface area contributed by atoms with E-state index in [0.717, 1.165) is 35.1 Å². The van der Waals surface area contributed by atoms with Gasteiger partial charge in [-0.3, -0.25) is 9.59 Å². The Morgan fingerprint density at radius 3 is 2.67 bits per heavy atom. The first-order chi connectivity index (χ1) is 18.8. The molecule has 198 valence electrons. The Morgan fingerprint density at radius 1 is 1.03 bits per heavy atom. The lowest BCUT2D eigenvalue weighted by molar-refractivity contribution is -0.120. The van der Waals surface area contributed by atoms with Crippen molar-refractivity contribution in [1.29, 1.82) is 0 Å². The minimum Gasteiger partial charge on any atom is -0.325 e. The quantitative estimate of drug-likeness (QED) is 0.543. The van der Waals surface area contributed by atoms with Gasteiger partial charge in [-0.1, -0.05) is 36.4 Å². The van der Waals surface area contributed by atoms with Crippen LogP contribution in [-0.4, -0.2) is 51.8 Å². The van der Waals surface area contributed by atoms with Crippen LogP contribution in [-0.2, 0) is 39.8 Å². The fourth-order valence-electron chi connectivity index (χ4n) is 7.20. The lowest BCUT2D eigenvalue weighted by Gasteiger charge is -2.34. The van der Waals surface area contributed by atoms with Gasteiger partial charge in [0.05, 0.1) is 17.5 Å². The van der Waals surface area contributed by atoms with Gasteiger partial charge in [-0.25, -0.2) is 9.78 Å². The first kappa shape index (κ1) is 23.9. The second kappa shape index (κ2) is 8.40. The molecule has 0 bridgehead atoms. The topological polar surface area (TPSA) is 94.6 Å². The van der Waals surface area contributed by atoms with Crippen LogP contribution in [0.4, 0.5) is 16.3 Å². The molecule has 1 fully saturated rings. The lowest BCUT2D eigenvalue weighted by Crippen LogP contribution is -2.47. The summed E-state index contributed by atoms with van der Waals surface area (Å²) in [4.78, 5) is 48.0. The predicted molar refractivity (Wildman–Crippen MR) is 147 cm³/mol. The molecular weight excluding hydrogens is 490 g/mol. The molecule has 8 heteroatoms. The Morgan fingerprint density at radius 2 is 1.82 bits per heavy atom. The lowest BCUT2D eigenvalue weighted by atomic mass is 9.79. The SMILES string of the molecule is CC(C)N1CC2(CCc3ccccc32)N(CC(=O)Nc2ccc3c(c2)C[C@@]2(C3)C(=O)Nc3ncccc32)C1=O. The Bertz CT molecular complexity index is 1550. The standard InChI is InChI=1S/C31H31N5O3/c1-19(2)35-18-31(12-11-20-6-3-4-7-24(20)31)36(29(35)39)17-26(37)33-23-10-9-21-15-30(16-22(21)14-23)25-8-5-13-32-27(25)34-28(30)38/h3-10,13-14,19H,11-12,15-18H2,1-2H3,(H,33,37)(H,32,34,38)/t30-,31?/m1/s1. The van der Waals surface area contributed by atoms with Crippen molar-refractivity contribution in [1.82, 2.24) is 14.8 Å². The third kappa shape index (κ3) is 3.43. The molecule has 0 saturated carbocycles. The number of nitrogens with one attached hydrogen (secondary N) is 2. The highest BCUT2D eigenvalue weighted by atomic mass is 16.2. The molecule has 1 aromatic heterocycles. The van der Waals surface area contributed by atoms with E-state index in [2.05, 4.69) is 27.8 Å². The molecule has 4 aliphatic rings. The molecule has 4 amide bonds. The van der Waals surface area contributed by atoms with E-state index >= 15 is 0 Å². The zero-order chi connectivity index (χ0) is 26.9. The number of amides is 4. The summed E-state index contributed by atoms with van der Waals surface area (Å²) in [6.45, 7) is 4.62. The van der Waals surface area contributed by atoms with Crippen LogP contribution < -0.4 is 10.6 Å². The van der Waals surface area contributed by atoms with Crippen LogP contribution in [0.15, 0.2) is 60.8 Å². The van der Waals surface area contributed by atoms with Crippen molar-refractivity contribution < 1.29 is 14.4 Å². The van der Waals surface area contributed by atoms with E-state index in [0.29, 0.717) is 30.9 Å². The van der Waals surface area contributed by atoms with Crippen LogP contribution >= 0.6 is 0 Å². The van der Waals surface area contributed by atoms with E-state index in [1.807, 2.05) is 61.2 Å². The van der Waals surface area contributed by atoms with Crippen LogP contribution in [0.3, 0.4) is 0 Å². The maximum Gasteiger partial charge on any atom is 0.321 e. The van der Waals surface area contributed by atoms with Gasteiger partial charge in [0.15, 0.2) is 0 Å². The van der Waals surface area contributed by atoms with Crippen molar-refractivity contribution >= 4 is 29.4 Å². The van der Waals surface area contributed by atoms with Crippen molar-refractivity contribution in [2.45, 2.75) is 56.5 Å². The van der Waals surface area contributed by atoms with Crippen LogP contribution in [0.5, 0.6) is 0 Å². The fourth-order valence-corrected chi connectivity index (χ4v) is 7.20. The number of urea groups is 1. The molecule has 1 saturated heterocycles. The number of pyridine rings is 1. The van der Waals surface area contributed by atoms with Gasteiger partial charge in [0, 0.05) is 23.5 Å². The van der Waals surface area contributed by atoms with Crippen molar-refractivity contribution in [3.05, 3.63) is 88.6 Å². The van der Waals surface area contributed by atoms with Crippen molar-refractivity contribution in [2.75, 3.05) is 23.7 Å². The Hall–Kier alpha value is -4.20. The van der Waals surface area contributed by atoms with E-state index in [1.165, 1.54) is 5.56 Å². The monoisotopic (exact) mass is 521 g/mol. The summed E-state index contributed by atoms with van der Waals surface area (Å²) in [6, 6.07) is 17.9. The van der Waals surface area contributed by atoms with E-state index in [1.54, 1.807) is 11.1 Å². The Labute approximate surface area is 227 Å². The molecule has 1 unspecified atom stereocenters. The Kier molecular flexibility index (Phi) is 5.14. The third-order valence-electron chi connectivity index (χ3n) is 9.14.